The molecule has 0 saturated heterocycles. The third-order valence-corrected chi connectivity index (χ3v) is 3.86. The van der Waals surface area contributed by atoms with E-state index >= 15 is 0 Å². The van der Waals surface area contributed by atoms with E-state index in [9.17, 15) is 9.90 Å². The molecule has 0 aliphatic heterocycles. The van der Waals surface area contributed by atoms with Gasteiger partial charge >= 0.3 is 5.97 Å². The highest BCUT2D eigenvalue weighted by atomic mass is 32.2. The summed E-state index contributed by atoms with van der Waals surface area (Å²) in [5, 5.41) is 21.8. The maximum absolute atomic E-state index is 11.3. The maximum Gasteiger partial charge on any atom is 0.372 e. The molecule has 2 heterocycles. The number of aromatic nitrogens is 4. The Morgan fingerprint density at radius 2 is 2.25 bits per heavy atom. The van der Waals surface area contributed by atoms with Crippen LogP contribution in [0.5, 0.6) is 0 Å². The lowest BCUT2D eigenvalue weighted by molar-refractivity contribution is 0.0664. The minimum Gasteiger partial charge on any atom is -0.475 e. The van der Waals surface area contributed by atoms with Gasteiger partial charge in [-0.15, -0.1) is 5.10 Å². The molecular weight excluding hydrogens is 280 g/mol. The molecule has 20 heavy (non-hydrogen) atoms. The molecule has 0 aliphatic carbocycles. The molecule has 0 spiro atoms. The normalized spacial score (nSPS) is 11.1. The number of carboxylic acids is 1. The number of carboxylic acid groups (broad SMARTS) is 1. The minimum atomic E-state index is -1.08. The number of carbonyl (C=O) groups is 1. The summed E-state index contributed by atoms with van der Waals surface area (Å²) in [6.07, 6.45) is 0. The standard InChI is InChI=1S/C12H10N4O3S/c1-16-12(13-14-15-16)20-6-8-7-4-2-3-5-9(7)19-10(8)11(17)18/h2-5H,6H2,1H3,(H,17,18). The van der Waals surface area contributed by atoms with E-state index in [-0.39, 0.29) is 5.76 Å². The second-order valence-corrected chi connectivity index (χ2v) is 5.03. The molecular formula is C12H10N4O3S. The van der Waals surface area contributed by atoms with Crippen LogP contribution in [0, 0.1) is 0 Å². The lowest BCUT2D eigenvalue weighted by Crippen LogP contribution is -1.99. The first kappa shape index (κ1) is 12.7. The monoisotopic (exact) mass is 290 g/mol. The summed E-state index contributed by atoms with van der Waals surface area (Å²) in [6.45, 7) is 0. The van der Waals surface area contributed by atoms with Gasteiger partial charge in [-0.3, -0.25) is 0 Å². The van der Waals surface area contributed by atoms with Gasteiger partial charge in [0.25, 0.3) is 0 Å². The Morgan fingerprint density at radius 3 is 2.95 bits per heavy atom. The molecule has 0 radical (unpaired) electrons. The van der Waals surface area contributed by atoms with E-state index in [1.165, 1.54) is 16.4 Å². The Morgan fingerprint density at radius 1 is 1.45 bits per heavy atom. The summed E-state index contributed by atoms with van der Waals surface area (Å²) < 4.78 is 6.92. The Hall–Kier alpha value is -2.35. The van der Waals surface area contributed by atoms with Gasteiger partial charge in [0.05, 0.1) is 0 Å². The van der Waals surface area contributed by atoms with Gasteiger partial charge in [-0.2, -0.15) is 0 Å². The van der Waals surface area contributed by atoms with Gasteiger partial charge in [0, 0.05) is 23.8 Å². The highest BCUT2D eigenvalue weighted by molar-refractivity contribution is 7.98. The van der Waals surface area contributed by atoms with E-state index in [1.807, 2.05) is 12.1 Å². The predicted octanol–water partition coefficient (Wildman–Crippen LogP) is 1.95. The lowest BCUT2D eigenvalue weighted by atomic mass is 10.1. The topological polar surface area (TPSA) is 94.0 Å². The number of thioether (sulfide) groups is 1. The smallest absolute Gasteiger partial charge is 0.372 e. The van der Waals surface area contributed by atoms with Crippen molar-refractivity contribution in [3.63, 3.8) is 0 Å². The number of aromatic carboxylic acids is 1. The fourth-order valence-corrected chi connectivity index (χ4v) is 2.77. The van der Waals surface area contributed by atoms with E-state index in [4.69, 9.17) is 4.42 Å². The van der Waals surface area contributed by atoms with E-state index in [2.05, 4.69) is 15.5 Å². The SMILES string of the molecule is Cn1nnnc1SCc1c(C(=O)O)oc2ccccc12. The van der Waals surface area contributed by atoms with Crippen LogP contribution in [-0.2, 0) is 12.8 Å². The largest absolute Gasteiger partial charge is 0.475 e. The first-order valence-corrected chi connectivity index (χ1v) is 6.74. The van der Waals surface area contributed by atoms with Crippen LogP contribution in [0.3, 0.4) is 0 Å². The van der Waals surface area contributed by atoms with Crippen molar-refractivity contribution in [1.82, 2.24) is 20.2 Å². The Labute approximate surface area is 117 Å². The van der Waals surface area contributed by atoms with Crippen LogP contribution in [0.15, 0.2) is 33.8 Å². The van der Waals surface area contributed by atoms with Crippen LogP contribution >= 0.6 is 11.8 Å². The summed E-state index contributed by atoms with van der Waals surface area (Å²) in [6, 6.07) is 7.25. The van der Waals surface area contributed by atoms with E-state index in [1.54, 1.807) is 19.2 Å². The van der Waals surface area contributed by atoms with Gasteiger partial charge in [-0.05, 0) is 16.5 Å². The number of fused-ring (bicyclic) bond motifs is 1. The highest BCUT2D eigenvalue weighted by Crippen LogP contribution is 2.31. The van der Waals surface area contributed by atoms with Gasteiger partial charge in [-0.25, -0.2) is 9.48 Å². The lowest BCUT2D eigenvalue weighted by Gasteiger charge is -1.99. The van der Waals surface area contributed by atoms with Crippen LogP contribution < -0.4 is 0 Å². The van der Waals surface area contributed by atoms with Gasteiger partial charge in [0.15, 0.2) is 0 Å². The summed E-state index contributed by atoms with van der Waals surface area (Å²) in [5.74, 6) is -0.686. The number of aryl methyl sites for hydroxylation is 1. The van der Waals surface area contributed by atoms with Gasteiger partial charge in [-0.1, -0.05) is 30.0 Å². The Kier molecular flexibility index (Phi) is 3.15. The Bertz CT molecular complexity index is 780. The fraction of sp³-hybridized carbons (Fsp3) is 0.167. The number of benzene rings is 1. The number of furan rings is 1. The van der Waals surface area contributed by atoms with Crippen molar-refractivity contribution >= 4 is 28.7 Å². The minimum absolute atomic E-state index is 0.0335. The quantitative estimate of drug-likeness (QED) is 0.734. The summed E-state index contributed by atoms with van der Waals surface area (Å²) in [4.78, 5) is 11.3. The molecule has 1 aromatic carbocycles. The van der Waals surface area contributed by atoms with E-state index in [0.29, 0.717) is 22.1 Å². The third-order valence-electron chi connectivity index (χ3n) is 2.82. The number of hydrogen-bond acceptors (Lipinski definition) is 6. The zero-order valence-corrected chi connectivity index (χ0v) is 11.3. The molecule has 0 bridgehead atoms. The van der Waals surface area contributed by atoms with Crippen molar-refractivity contribution in [3.05, 3.63) is 35.6 Å². The Balaban J connectivity index is 1.99. The second kappa shape index (κ2) is 4.97. The van der Waals surface area contributed by atoms with Gasteiger partial charge in [0.2, 0.25) is 10.9 Å². The highest BCUT2D eigenvalue weighted by Gasteiger charge is 2.20. The number of para-hydroxylation sites is 1. The van der Waals surface area contributed by atoms with Gasteiger partial charge in [0.1, 0.15) is 5.58 Å². The van der Waals surface area contributed by atoms with E-state index in [0.717, 1.165) is 5.39 Å². The van der Waals surface area contributed by atoms with Crippen LogP contribution in [0.4, 0.5) is 0 Å². The molecule has 1 N–H and O–H groups in total. The van der Waals surface area contributed by atoms with Crippen LogP contribution in [-0.4, -0.2) is 31.3 Å². The van der Waals surface area contributed by atoms with Crippen molar-refractivity contribution < 1.29 is 14.3 Å². The van der Waals surface area contributed by atoms with Crippen molar-refractivity contribution in [2.24, 2.45) is 7.05 Å². The molecule has 0 amide bonds. The summed E-state index contributed by atoms with van der Waals surface area (Å²) in [5.41, 5.74) is 1.21. The molecule has 3 rings (SSSR count). The molecule has 0 unspecified atom stereocenters. The van der Waals surface area contributed by atoms with Crippen LogP contribution in [0.25, 0.3) is 11.0 Å². The number of tetrazole rings is 1. The fourth-order valence-electron chi connectivity index (χ4n) is 1.90. The number of hydrogen-bond donors (Lipinski definition) is 1. The molecule has 0 saturated carbocycles. The molecule has 3 aromatic rings. The molecule has 7 nitrogen and oxygen atoms in total. The molecule has 8 heteroatoms. The maximum atomic E-state index is 11.3. The summed E-state index contributed by atoms with van der Waals surface area (Å²) >= 11 is 1.36. The first-order valence-electron chi connectivity index (χ1n) is 5.75. The van der Waals surface area contributed by atoms with Crippen molar-refractivity contribution in [2.75, 3.05) is 0 Å². The number of nitrogens with zero attached hydrogens (tertiary/aromatic N) is 4. The van der Waals surface area contributed by atoms with Gasteiger partial charge < -0.3 is 9.52 Å². The van der Waals surface area contributed by atoms with Crippen molar-refractivity contribution in [1.29, 1.82) is 0 Å². The predicted molar refractivity (Wildman–Crippen MR) is 71.5 cm³/mol. The van der Waals surface area contributed by atoms with E-state index < -0.39 is 5.97 Å². The molecule has 2 aromatic heterocycles. The first-order chi connectivity index (χ1) is 9.66. The molecule has 102 valence electrons. The second-order valence-electron chi connectivity index (χ2n) is 4.08. The number of rotatable bonds is 4. The van der Waals surface area contributed by atoms with Crippen molar-refractivity contribution in [3.8, 4) is 0 Å². The average Bonchev–Trinajstić information content (AvgIpc) is 3.00. The zero-order chi connectivity index (χ0) is 14.1. The molecule has 0 atom stereocenters. The molecule has 0 aliphatic rings. The molecule has 0 fully saturated rings. The van der Waals surface area contributed by atoms with Crippen LogP contribution in [0.2, 0.25) is 0 Å². The van der Waals surface area contributed by atoms with Crippen molar-refractivity contribution in [2.45, 2.75) is 10.9 Å². The van der Waals surface area contributed by atoms with Crippen LogP contribution in [0.1, 0.15) is 16.1 Å². The third kappa shape index (κ3) is 2.14. The summed E-state index contributed by atoms with van der Waals surface area (Å²) in [7, 11) is 1.73. The average molecular weight is 290 g/mol. The zero-order valence-electron chi connectivity index (χ0n) is 10.5.